The van der Waals surface area contributed by atoms with Crippen LogP contribution >= 0.6 is 11.6 Å². The molecule has 62 valence electrons. The molecule has 0 saturated carbocycles. The first kappa shape index (κ1) is 10.2. The van der Waals surface area contributed by atoms with Gasteiger partial charge in [0.25, 0.3) is 0 Å². The summed E-state index contributed by atoms with van der Waals surface area (Å²) in [6.45, 7) is 6.36. The van der Waals surface area contributed by atoms with Gasteiger partial charge in [0.2, 0.25) is 0 Å². The summed E-state index contributed by atoms with van der Waals surface area (Å²) >= 11 is 5.78. The van der Waals surface area contributed by atoms with Gasteiger partial charge in [-0.25, -0.2) is 0 Å². The first-order valence-electron chi connectivity index (χ1n) is 4.10. The molecule has 2 unspecified atom stereocenters. The van der Waals surface area contributed by atoms with Gasteiger partial charge >= 0.3 is 0 Å². The van der Waals surface area contributed by atoms with E-state index < -0.39 is 0 Å². The summed E-state index contributed by atoms with van der Waals surface area (Å²) in [4.78, 5) is 0. The largest absolute Gasteiger partial charge is 0.299 e. The van der Waals surface area contributed by atoms with Crippen LogP contribution in [0.25, 0.3) is 0 Å². The fourth-order valence-corrected chi connectivity index (χ4v) is 1.26. The predicted molar refractivity (Wildman–Crippen MR) is 47.4 cm³/mol. The van der Waals surface area contributed by atoms with Gasteiger partial charge < -0.3 is 0 Å². The standard InChI is InChI=1S/C8H18ClN/c1-4-6-8(5-2)10-7(3)9/h7-8,10H,4-6H2,1-3H3. The van der Waals surface area contributed by atoms with Gasteiger partial charge in [-0.3, -0.25) is 5.32 Å². The zero-order valence-corrected chi connectivity index (χ0v) is 7.91. The highest BCUT2D eigenvalue weighted by Gasteiger charge is 2.05. The van der Waals surface area contributed by atoms with Gasteiger partial charge in [0.15, 0.2) is 0 Å². The van der Waals surface area contributed by atoms with Crippen molar-refractivity contribution in [3.8, 4) is 0 Å². The van der Waals surface area contributed by atoms with Crippen LogP contribution in [0.5, 0.6) is 0 Å². The molecule has 0 fully saturated rings. The number of nitrogens with one attached hydrogen (secondary N) is 1. The van der Waals surface area contributed by atoms with Crippen LogP contribution in [0.15, 0.2) is 0 Å². The average Bonchev–Trinajstić information content (AvgIpc) is 1.86. The van der Waals surface area contributed by atoms with Crippen molar-refractivity contribution in [3.63, 3.8) is 0 Å². The van der Waals surface area contributed by atoms with Crippen molar-refractivity contribution < 1.29 is 0 Å². The molecule has 0 bridgehead atoms. The lowest BCUT2D eigenvalue weighted by Crippen LogP contribution is -2.32. The Balaban J connectivity index is 3.39. The Morgan fingerprint density at radius 2 is 2.00 bits per heavy atom. The molecule has 0 radical (unpaired) electrons. The molecule has 0 saturated heterocycles. The fraction of sp³-hybridized carbons (Fsp3) is 1.00. The SMILES string of the molecule is CCCC(CC)NC(C)Cl. The third-order valence-corrected chi connectivity index (χ3v) is 1.72. The molecule has 0 rings (SSSR count). The van der Waals surface area contributed by atoms with Crippen LogP contribution in [0.2, 0.25) is 0 Å². The average molecular weight is 164 g/mol. The maximum atomic E-state index is 5.78. The third-order valence-electron chi connectivity index (χ3n) is 1.60. The topological polar surface area (TPSA) is 12.0 Å². The van der Waals surface area contributed by atoms with E-state index in [1.165, 1.54) is 19.3 Å². The van der Waals surface area contributed by atoms with Crippen molar-refractivity contribution in [2.45, 2.75) is 51.6 Å². The summed E-state index contributed by atoms with van der Waals surface area (Å²) in [5.74, 6) is 0. The quantitative estimate of drug-likeness (QED) is 0.486. The summed E-state index contributed by atoms with van der Waals surface area (Å²) in [6, 6.07) is 0.609. The number of halogens is 1. The molecule has 2 atom stereocenters. The second-order valence-electron chi connectivity index (χ2n) is 2.68. The van der Waals surface area contributed by atoms with Gasteiger partial charge in [0.1, 0.15) is 0 Å². The molecule has 2 heteroatoms. The second kappa shape index (κ2) is 5.99. The first-order chi connectivity index (χ1) is 4.70. The van der Waals surface area contributed by atoms with E-state index in [0.717, 1.165) is 0 Å². The number of rotatable bonds is 5. The summed E-state index contributed by atoms with van der Waals surface area (Å²) in [5.41, 5.74) is 0.108. The predicted octanol–water partition coefficient (Wildman–Crippen LogP) is 2.74. The second-order valence-corrected chi connectivity index (χ2v) is 3.33. The van der Waals surface area contributed by atoms with Crippen molar-refractivity contribution in [3.05, 3.63) is 0 Å². The van der Waals surface area contributed by atoms with Crippen LogP contribution < -0.4 is 5.32 Å². The van der Waals surface area contributed by atoms with E-state index in [1.54, 1.807) is 0 Å². The van der Waals surface area contributed by atoms with Crippen molar-refractivity contribution in [2.24, 2.45) is 0 Å². The van der Waals surface area contributed by atoms with Gasteiger partial charge in [-0.05, 0) is 19.8 Å². The molecule has 0 aliphatic heterocycles. The van der Waals surface area contributed by atoms with Crippen LogP contribution in [0.4, 0.5) is 0 Å². The summed E-state index contributed by atoms with van der Waals surface area (Å²) < 4.78 is 0. The molecular formula is C8H18ClN. The minimum absolute atomic E-state index is 0.108. The Labute approximate surface area is 69.1 Å². The summed E-state index contributed by atoms with van der Waals surface area (Å²) in [6.07, 6.45) is 3.63. The zero-order valence-electron chi connectivity index (χ0n) is 7.15. The Bertz CT molecular complexity index is 73.7. The number of alkyl halides is 1. The summed E-state index contributed by atoms with van der Waals surface area (Å²) in [5, 5.41) is 3.30. The summed E-state index contributed by atoms with van der Waals surface area (Å²) in [7, 11) is 0. The van der Waals surface area contributed by atoms with Crippen molar-refractivity contribution in [1.82, 2.24) is 5.32 Å². The molecule has 1 nitrogen and oxygen atoms in total. The zero-order chi connectivity index (χ0) is 7.98. The Morgan fingerprint density at radius 3 is 2.30 bits per heavy atom. The first-order valence-corrected chi connectivity index (χ1v) is 4.54. The van der Waals surface area contributed by atoms with Gasteiger partial charge in [0, 0.05) is 6.04 Å². The lowest BCUT2D eigenvalue weighted by atomic mass is 10.1. The Morgan fingerprint density at radius 1 is 1.40 bits per heavy atom. The fourth-order valence-electron chi connectivity index (χ4n) is 1.08. The molecule has 0 aromatic carbocycles. The highest BCUT2D eigenvalue weighted by molar-refractivity contribution is 6.20. The van der Waals surface area contributed by atoms with Crippen LogP contribution in [0.3, 0.4) is 0 Å². The van der Waals surface area contributed by atoms with E-state index in [-0.39, 0.29) is 5.50 Å². The molecule has 1 N–H and O–H groups in total. The molecule has 0 aromatic rings. The molecule has 0 heterocycles. The van der Waals surface area contributed by atoms with Gasteiger partial charge in [0.05, 0.1) is 5.50 Å². The smallest absolute Gasteiger partial charge is 0.0798 e. The van der Waals surface area contributed by atoms with E-state index >= 15 is 0 Å². The minimum Gasteiger partial charge on any atom is -0.299 e. The lowest BCUT2D eigenvalue weighted by Gasteiger charge is -2.17. The van der Waals surface area contributed by atoms with E-state index in [0.29, 0.717) is 6.04 Å². The van der Waals surface area contributed by atoms with E-state index in [9.17, 15) is 0 Å². The molecule has 10 heavy (non-hydrogen) atoms. The van der Waals surface area contributed by atoms with E-state index in [4.69, 9.17) is 11.6 Å². The number of hydrogen-bond acceptors (Lipinski definition) is 1. The van der Waals surface area contributed by atoms with Crippen molar-refractivity contribution in [1.29, 1.82) is 0 Å². The van der Waals surface area contributed by atoms with Crippen LogP contribution in [0, 0.1) is 0 Å². The van der Waals surface area contributed by atoms with Gasteiger partial charge in [-0.15, -0.1) is 11.6 Å². The van der Waals surface area contributed by atoms with Crippen LogP contribution in [0.1, 0.15) is 40.0 Å². The molecule has 0 aromatic heterocycles. The highest BCUT2D eigenvalue weighted by Crippen LogP contribution is 2.03. The molecule has 0 aliphatic rings. The van der Waals surface area contributed by atoms with Crippen molar-refractivity contribution in [2.75, 3.05) is 0 Å². The Hall–Kier alpha value is 0.250. The molecular weight excluding hydrogens is 146 g/mol. The molecule has 0 amide bonds. The van der Waals surface area contributed by atoms with Gasteiger partial charge in [-0.1, -0.05) is 20.3 Å². The minimum atomic E-state index is 0.108. The molecule has 0 aliphatic carbocycles. The Kier molecular flexibility index (Phi) is 6.14. The van der Waals surface area contributed by atoms with Gasteiger partial charge in [-0.2, -0.15) is 0 Å². The van der Waals surface area contributed by atoms with E-state index in [1.807, 2.05) is 6.92 Å². The van der Waals surface area contributed by atoms with Crippen LogP contribution in [-0.4, -0.2) is 11.5 Å². The van der Waals surface area contributed by atoms with Crippen LogP contribution in [-0.2, 0) is 0 Å². The highest BCUT2D eigenvalue weighted by atomic mass is 35.5. The maximum Gasteiger partial charge on any atom is 0.0798 e. The normalized spacial score (nSPS) is 16.8. The third kappa shape index (κ3) is 5.07. The lowest BCUT2D eigenvalue weighted by molar-refractivity contribution is 0.459. The number of hydrogen-bond donors (Lipinski definition) is 1. The van der Waals surface area contributed by atoms with Crippen molar-refractivity contribution >= 4 is 11.6 Å². The monoisotopic (exact) mass is 163 g/mol. The molecule has 0 spiro atoms. The van der Waals surface area contributed by atoms with E-state index in [2.05, 4.69) is 19.2 Å². The maximum absolute atomic E-state index is 5.78.